The van der Waals surface area contributed by atoms with Crippen molar-refractivity contribution in [1.82, 2.24) is 14.3 Å². The molecule has 0 amide bonds. The monoisotopic (exact) mass is 377 g/mol. The summed E-state index contributed by atoms with van der Waals surface area (Å²) in [5.41, 5.74) is 1.00. The first-order valence-electron chi connectivity index (χ1n) is 7.67. The number of hydrogen-bond acceptors (Lipinski definition) is 6. The molecule has 2 aromatic rings. The van der Waals surface area contributed by atoms with Gasteiger partial charge in [0.2, 0.25) is 16.0 Å². The second kappa shape index (κ2) is 6.96. The highest BCUT2D eigenvalue weighted by molar-refractivity contribution is 7.89. The van der Waals surface area contributed by atoms with Crippen LogP contribution < -0.4 is 4.90 Å². The molecule has 0 unspecified atom stereocenters. The Hall–Kier alpha value is -2.21. The Kier molecular flexibility index (Phi) is 4.90. The van der Waals surface area contributed by atoms with Gasteiger partial charge in [0.05, 0.1) is 5.02 Å². The number of piperazine rings is 1. The average molecular weight is 378 g/mol. The molecule has 0 N–H and O–H groups in total. The van der Waals surface area contributed by atoms with Gasteiger partial charge in [-0.25, -0.2) is 18.4 Å². The van der Waals surface area contributed by atoms with Gasteiger partial charge in [-0.3, -0.25) is 0 Å². The highest BCUT2D eigenvalue weighted by atomic mass is 35.5. The van der Waals surface area contributed by atoms with Crippen LogP contribution in [-0.2, 0) is 10.0 Å². The molecule has 0 radical (unpaired) electrons. The Morgan fingerprint density at radius 3 is 2.48 bits per heavy atom. The molecule has 1 aromatic heterocycles. The SMILES string of the molecule is Cc1cc(C#N)nc(N2CCN(S(=O)(=O)c3ccccc3Cl)CC2)n1. The summed E-state index contributed by atoms with van der Waals surface area (Å²) in [6.45, 7) is 3.28. The number of aromatic nitrogens is 2. The maximum absolute atomic E-state index is 12.8. The van der Waals surface area contributed by atoms with Crippen molar-refractivity contribution in [2.75, 3.05) is 31.1 Å². The lowest BCUT2D eigenvalue weighted by molar-refractivity contribution is 0.382. The number of halogens is 1. The molecule has 130 valence electrons. The molecule has 2 heterocycles. The van der Waals surface area contributed by atoms with Crippen LogP contribution in [0.3, 0.4) is 0 Å². The number of nitrogens with zero attached hydrogens (tertiary/aromatic N) is 5. The van der Waals surface area contributed by atoms with Gasteiger partial charge in [-0.15, -0.1) is 0 Å². The van der Waals surface area contributed by atoms with E-state index in [1.165, 1.54) is 10.4 Å². The third kappa shape index (κ3) is 3.58. The van der Waals surface area contributed by atoms with Gasteiger partial charge in [0.25, 0.3) is 0 Å². The summed E-state index contributed by atoms with van der Waals surface area (Å²) in [7, 11) is -3.64. The van der Waals surface area contributed by atoms with Gasteiger partial charge < -0.3 is 4.90 Å². The molecule has 7 nitrogen and oxygen atoms in total. The van der Waals surface area contributed by atoms with Crippen LogP contribution in [0.4, 0.5) is 5.95 Å². The fourth-order valence-electron chi connectivity index (χ4n) is 2.67. The Morgan fingerprint density at radius 2 is 1.84 bits per heavy atom. The van der Waals surface area contributed by atoms with E-state index in [1.807, 2.05) is 11.0 Å². The Balaban J connectivity index is 1.77. The maximum atomic E-state index is 12.8. The van der Waals surface area contributed by atoms with Crippen molar-refractivity contribution >= 4 is 27.6 Å². The van der Waals surface area contributed by atoms with E-state index in [-0.39, 0.29) is 9.92 Å². The third-order valence-corrected chi connectivity index (χ3v) is 6.33. The molecule has 3 rings (SSSR count). The molecule has 0 spiro atoms. The van der Waals surface area contributed by atoms with Crippen LogP contribution >= 0.6 is 11.6 Å². The molecular weight excluding hydrogens is 362 g/mol. The number of benzene rings is 1. The molecule has 1 saturated heterocycles. The van der Waals surface area contributed by atoms with Crippen LogP contribution in [0.25, 0.3) is 0 Å². The molecule has 0 atom stereocenters. The van der Waals surface area contributed by atoms with E-state index < -0.39 is 10.0 Å². The van der Waals surface area contributed by atoms with Crippen LogP contribution in [0.2, 0.25) is 5.02 Å². The van der Waals surface area contributed by atoms with Crippen LogP contribution in [0.1, 0.15) is 11.4 Å². The third-order valence-electron chi connectivity index (χ3n) is 3.93. The minimum Gasteiger partial charge on any atom is -0.338 e. The van der Waals surface area contributed by atoms with E-state index in [0.717, 1.165) is 0 Å². The van der Waals surface area contributed by atoms with Crippen molar-refractivity contribution in [1.29, 1.82) is 5.26 Å². The summed E-state index contributed by atoms with van der Waals surface area (Å²) in [6.07, 6.45) is 0. The maximum Gasteiger partial charge on any atom is 0.244 e. The highest BCUT2D eigenvalue weighted by Crippen LogP contribution is 2.25. The van der Waals surface area contributed by atoms with Gasteiger partial charge in [0, 0.05) is 31.9 Å². The summed E-state index contributed by atoms with van der Waals surface area (Å²) in [5, 5.41) is 9.24. The minimum atomic E-state index is -3.64. The van der Waals surface area contributed by atoms with Crippen molar-refractivity contribution < 1.29 is 8.42 Å². The normalized spacial score (nSPS) is 15.8. The van der Waals surface area contributed by atoms with E-state index in [4.69, 9.17) is 16.9 Å². The second-order valence-electron chi connectivity index (χ2n) is 5.63. The topological polar surface area (TPSA) is 90.2 Å². The number of rotatable bonds is 3. The summed E-state index contributed by atoms with van der Waals surface area (Å²) >= 11 is 6.04. The molecular formula is C16H16ClN5O2S. The number of nitriles is 1. The molecule has 0 saturated carbocycles. The summed E-state index contributed by atoms with van der Waals surface area (Å²) in [4.78, 5) is 10.5. The lowest BCUT2D eigenvalue weighted by atomic mass is 10.3. The van der Waals surface area contributed by atoms with Gasteiger partial charge in [-0.05, 0) is 25.1 Å². The first kappa shape index (κ1) is 17.6. The van der Waals surface area contributed by atoms with Crippen molar-refractivity contribution in [2.24, 2.45) is 0 Å². The first-order valence-corrected chi connectivity index (χ1v) is 9.49. The molecule has 9 heteroatoms. The smallest absolute Gasteiger partial charge is 0.244 e. The summed E-state index contributed by atoms with van der Waals surface area (Å²) < 4.78 is 26.9. The van der Waals surface area contributed by atoms with Crippen LogP contribution in [-0.4, -0.2) is 48.9 Å². The fraction of sp³-hybridized carbons (Fsp3) is 0.312. The zero-order valence-corrected chi connectivity index (χ0v) is 15.1. The summed E-state index contributed by atoms with van der Waals surface area (Å²) in [5.74, 6) is 0.450. The Bertz CT molecular complexity index is 934. The van der Waals surface area contributed by atoms with Crippen LogP contribution in [0.5, 0.6) is 0 Å². The fourth-order valence-corrected chi connectivity index (χ4v) is 4.59. The largest absolute Gasteiger partial charge is 0.338 e. The highest BCUT2D eigenvalue weighted by Gasteiger charge is 2.30. The number of anilines is 1. The lowest BCUT2D eigenvalue weighted by Crippen LogP contribution is -2.49. The van der Waals surface area contributed by atoms with Crippen molar-refractivity contribution in [3.05, 3.63) is 46.7 Å². The van der Waals surface area contributed by atoms with E-state index in [9.17, 15) is 8.42 Å². The molecule has 1 aliphatic rings. The average Bonchev–Trinajstić information content (AvgIpc) is 2.61. The predicted octanol–water partition coefficient (Wildman–Crippen LogP) is 1.82. The van der Waals surface area contributed by atoms with Gasteiger partial charge in [-0.1, -0.05) is 23.7 Å². The van der Waals surface area contributed by atoms with Crippen LogP contribution in [0, 0.1) is 18.3 Å². The summed E-state index contributed by atoms with van der Waals surface area (Å²) in [6, 6.07) is 10.0. The number of sulfonamides is 1. The lowest BCUT2D eigenvalue weighted by Gasteiger charge is -2.34. The van der Waals surface area contributed by atoms with E-state index in [0.29, 0.717) is 43.5 Å². The molecule has 1 aromatic carbocycles. The predicted molar refractivity (Wildman–Crippen MR) is 93.9 cm³/mol. The molecule has 25 heavy (non-hydrogen) atoms. The van der Waals surface area contributed by atoms with Crippen molar-refractivity contribution in [2.45, 2.75) is 11.8 Å². The zero-order chi connectivity index (χ0) is 18.0. The Morgan fingerprint density at radius 1 is 1.16 bits per heavy atom. The van der Waals surface area contributed by atoms with Gasteiger partial charge in [0.15, 0.2) is 0 Å². The van der Waals surface area contributed by atoms with Gasteiger partial charge in [-0.2, -0.15) is 9.57 Å². The first-order chi connectivity index (χ1) is 11.9. The molecule has 0 aliphatic carbocycles. The van der Waals surface area contributed by atoms with Crippen molar-refractivity contribution in [3.8, 4) is 6.07 Å². The zero-order valence-electron chi connectivity index (χ0n) is 13.6. The van der Waals surface area contributed by atoms with E-state index in [1.54, 1.807) is 31.2 Å². The quantitative estimate of drug-likeness (QED) is 0.810. The van der Waals surface area contributed by atoms with Gasteiger partial charge >= 0.3 is 0 Å². The van der Waals surface area contributed by atoms with Crippen LogP contribution in [0.15, 0.2) is 35.2 Å². The van der Waals surface area contributed by atoms with Crippen molar-refractivity contribution in [3.63, 3.8) is 0 Å². The van der Waals surface area contributed by atoms with E-state index in [2.05, 4.69) is 9.97 Å². The Labute approximate surface area is 151 Å². The molecule has 1 fully saturated rings. The van der Waals surface area contributed by atoms with Gasteiger partial charge in [0.1, 0.15) is 16.7 Å². The molecule has 0 bridgehead atoms. The second-order valence-corrected chi connectivity index (χ2v) is 7.94. The standard InChI is InChI=1S/C16H16ClN5O2S/c1-12-10-13(11-18)20-16(19-12)21-6-8-22(9-7-21)25(23,24)15-5-3-2-4-14(15)17/h2-5,10H,6-9H2,1H3. The minimum absolute atomic E-state index is 0.115. The number of hydrogen-bond donors (Lipinski definition) is 0. The number of aryl methyl sites for hydroxylation is 1. The van der Waals surface area contributed by atoms with E-state index >= 15 is 0 Å². The molecule has 1 aliphatic heterocycles.